The number of fused-ring (bicyclic) bond motifs is 1. The Balaban J connectivity index is 1.47. The summed E-state index contributed by atoms with van der Waals surface area (Å²) in [6, 6.07) is 12.0. The van der Waals surface area contributed by atoms with Crippen LogP contribution in [0.15, 0.2) is 55.0 Å². The lowest BCUT2D eigenvalue weighted by Gasteiger charge is -2.25. The first kappa shape index (κ1) is 16.7. The molecule has 0 bridgehead atoms. The van der Waals surface area contributed by atoms with E-state index in [0.29, 0.717) is 23.4 Å². The Morgan fingerprint density at radius 2 is 2.11 bits per heavy atom. The molecular formula is C21H18FN5O. The molecule has 1 aromatic carbocycles. The van der Waals surface area contributed by atoms with Crippen LogP contribution in [0.3, 0.4) is 0 Å². The van der Waals surface area contributed by atoms with E-state index in [1.807, 2.05) is 18.2 Å². The molecule has 0 radical (unpaired) electrons. The largest absolute Gasteiger partial charge is 0.343 e. The Morgan fingerprint density at radius 1 is 1.21 bits per heavy atom. The average molecular weight is 375 g/mol. The van der Waals surface area contributed by atoms with Gasteiger partial charge in [-0.15, -0.1) is 0 Å². The molecule has 4 aromatic rings. The lowest BCUT2D eigenvalue weighted by molar-refractivity contribution is 0.0728. The zero-order valence-electron chi connectivity index (χ0n) is 15.0. The molecule has 1 amide bonds. The van der Waals surface area contributed by atoms with Gasteiger partial charge in [-0.3, -0.25) is 4.79 Å². The number of carbonyl (C=O) groups is 1. The van der Waals surface area contributed by atoms with Crippen LogP contribution < -0.4 is 0 Å². The third kappa shape index (κ3) is 2.76. The molecule has 0 unspecified atom stereocenters. The fraction of sp³-hybridized carbons (Fsp3) is 0.190. The van der Waals surface area contributed by atoms with Gasteiger partial charge in [-0.25, -0.2) is 14.4 Å². The van der Waals surface area contributed by atoms with Gasteiger partial charge in [0.1, 0.15) is 17.2 Å². The van der Waals surface area contributed by atoms with Crippen molar-refractivity contribution in [2.24, 2.45) is 0 Å². The fourth-order valence-electron chi connectivity index (χ4n) is 3.90. The van der Waals surface area contributed by atoms with Crippen molar-refractivity contribution < 1.29 is 9.18 Å². The van der Waals surface area contributed by atoms with E-state index in [1.54, 1.807) is 35.6 Å². The Morgan fingerprint density at radius 3 is 2.93 bits per heavy atom. The minimum atomic E-state index is -0.269. The number of pyridine rings is 1. The van der Waals surface area contributed by atoms with Crippen LogP contribution in [0.1, 0.15) is 34.9 Å². The van der Waals surface area contributed by atoms with Crippen molar-refractivity contribution in [1.82, 2.24) is 24.8 Å². The van der Waals surface area contributed by atoms with Crippen LogP contribution in [0.4, 0.5) is 4.39 Å². The Hall–Kier alpha value is -3.48. The Kier molecular flexibility index (Phi) is 3.93. The zero-order chi connectivity index (χ0) is 19.1. The maximum absolute atomic E-state index is 14.3. The number of hydrogen-bond acceptors (Lipinski definition) is 3. The predicted octanol–water partition coefficient (Wildman–Crippen LogP) is 4.07. The quantitative estimate of drug-likeness (QED) is 0.567. The van der Waals surface area contributed by atoms with Gasteiger partial charge in [0.05, 0.1) is 30.0 Å². The molecule has 1 fully saturated rings. The van der Waals surface area contributed by atoms with Gasteiger partial charge in [0.2, 0.25) is 0 Å². The Bertz CT molecular complexity index is 1150. The first-order valence-electron chi connectivity index (χ1n) is 9.24. The molecule has 1 aliphatic heterocycles. The summed E-state index contributed by atoms with van der Waals surface area (Å²) in [7, 11) is 0. The van der Waals surface area contributed by atoms with Crippen molar-refractivity contribution in [3.8, 4) is 11.4 Å². The third-order valence-corrected chi connectivity index (χ3v) is 5.26. The second-order valence-corrected chi connectivity index (χ2v) is 6.96. The molecular weight excluding hydrogens is 357 g/mol. The summed E-state index contributed by atoms with van der Waals surface area (Å²) in [5.41, 5.74) is 3.23. The number of aromatic nitrogens is 4. The standard InChI is InChI=1S/C21H18FN5O/c22-15-5-2-1-4-14(15)19-6-3-9-27(19)21(28)17-10-13-7-8-16(25-20(13)26-17)18-11-23-12-24-18/h1-2,4-5,7-8,10-12,19H,3,6,9H2,(H,23,24)(H,25,26)/t19-/m1/s1. The second kappa shape index (κ2) is 6.60. The van der Waals surface area contributed by atoms with Crippen molar-refractivity contribution in [2.45, 2.75) is 18.9 Å². The van der Waals surface area contributed by atoms with Gasteiger partial charge in [-0.2, -0.15) is 0 Å². The molecule has 0 aliphatic carbocycles. The van der Waals surface area contributed by atoms with Crippen molar-refractivity contribution >= 4 is 16.9 Å². The SMILES string of the molecule is O=C(c1cc2ccc(-c3cnc[nH]3)nc2[nH]1)N1CCC[C@@H]1c1ccccc1F. The maximum Gasteiger partial charge on any atom is 0.270 e. The van der Waals surface area contributed by atoms with Crippen molar-refractivity contribution in [2.75, 3.05) is 6.54 Å². The normalized spacial score (nSPS) is 16.8. The van der Waals surface area contributed by atoms with Crippen LogP contribution in [0.25, 0.3) is 22.4 Å². The molecule has 140 valence electrons. The number of halogens is 1. The number of benzene rings is 1. The summed E-state index contributed by atoms with van der Waals surface area (Å²) in [5, 5.41) is 0.855. The van der Waals surface area contributed by atoms with Gasteiger partial charge in [0, 0.05) is 17.5 Å². The number of aromatic amines is 2. The average Bonchev–Trinajstić information content (AvgIpc) is 3.47. The predicted molar refractivity (Wildman–Crippen MR) is 103 cm³/mol. The number of carbonyl (C=O) groups excluding carboxylic acids is 1. The third-order valence-electron chi connectivity index (χ3n) is 5.26. The number of H-pyrrole nitrogens is 2. The number of hydrogen-bond donors (Lipinski definition) is 2. The molecule has 5 rings (SSSR count). The highest BCUT2D eigenvalue weighted by molar-refractivity contribution is 5.98. The molecule has 3 aromatic heterocycles. The van der Waals surface area contributed by atoms with Gasteiger partial charge in [-0.1, -0.05) is 18.2 Å². The molecule has 1 aliphatic rings. The highest BCUT2D eigenvalue weighted by atomic mass is 19.1. The van der Waals surface area contributed by atoms with Crippen LogP contribution in [-0.4, -0.2) is 37.3 Å². The number of nitrogens with zero attached hydrogens (tertiary/aromatic N) is 3. The van der Waals surface area contributed by atoms with Crippen LogP contribution in [0.2, 0.25) is 0 Å². The molecule has 0 saturated carbocycles. The summed E-state index contributed by atoms with van der Waals surface area (Å²) < 4.78 is 14.3. The minimum Gasteiger partial charge on any atom is -0.343 e. The summed E-state index contributed by atoms with van der Waals surface area (Å²) in [6.45, 7) is 0.611. The number of likely N-dealkylation sites (tertiary alicyclic amines) is 1. The number of imidazole rings is 1. The summed E-state index contributed by atoms with van der Waals surface area (Å²) in [6.07, 6.45) is 4.91. The van der Waals surface area contributed by atoms with E-state index < -0.39 is 0 Å². The van der Waals surface area contributed by atoms with E-state index in [2.05, 4.69) is 19.9 Å². The molecule has 1 atom stereocenters. The first-order valence-corrected chi connectivity index (χ1v) is 9.24. The highest BCUT2D eigenvalue weighted by Crippen LogP contribution is 2.34. The van der Waals surface area contributed by atoms with Crippen LogP contribution >= 0.6 is 0 Å². The van der Waals surface area contributed by atoms with Crippen LogP contribution in [-0.2, 0) is 0 Å². The van der Waals surface area contributed by atoms with E-state index in [1.165, 1.54) is 6.07 Å². The van der Waals surface area contributed by atoms with Crippen molar-refractivity contribution in [1.29, 1.82) is 0 Å². The fourth-order valence-corrected chi connectivity index (χ4v) is 3.90. The van der Waals surface area contributed by atoms with E-state index in [9.17, 15) is 9.18 Å². The topological polar surface area (TPSA) is 77.7 Å². The molecule has 2 N–H and O–H groups in total. The highest BCUT2D eigenvalue weighted by Gasteiger charge is 2.32. The maximum atomic E-state index is 14.3. The first-order chi connectivity index (χ1) is 13.7. The lowest BCUT2D eigenvalue weighted by Crippen LogP contribution is -2.31. The van der Waals surface area contributed by atoms with Gasteiger partial charge in [0.15, 0.2) is 0 Å². The summed E-state index contributed by atoms with van der Waals surface area (Å²) in [5.74, 6) is -0.401. The molecule has 0 spiro atoms. The van der Waals surface area contributed by atoms with Gasteiger partial charge >= 0.3 is 0 Å². The molecule has 7 heteroatoms. The minimum absolute atomic E-state index is 0.133. The van der Waals surface area contributed by atoms with E-state index in [-0.39, 0.29) is 17.8 Å². The molecule has 4 heterocycles. The summed E-state index contributed by atoms with van der Waals surface area (Å²) in [4.78, 5) is 29.6. The molecule has 6 nitrogen and oxygen atoms in total. The number of amides is 1. The van der Waals surface area contributed by atoms with Crippen molar-refractivity contribution in [3.05, 3.63) is 72.1 Å². The number of rotatable bonds is 3. The van der Waals surface area contributed by atoms with Crippen molar-refractivity contribution in [3.63, 3.8) is 0 Å². The Labute approximate surface area is 160 Å². The van der Waals surface area contributed by atoms with Gasteiger partial charge in [0.25, 0.3) is 5.91 Å². The zero-order valence-corrected chi connectivity index (χ0v) is 15.0. The lowest BCUT2D eigenvalue weighted by atomic mass is 10.0. The van der Waals surface area contributed by atoms with E-state index >= 15 is 0 Å². The number of nitrogens with one attached hydrogen (secondary N) is 2. The van der Waals surface area contributed by atoms with Gasteiger partial charge in [-0.05, 0) is 37.1 Å². The smallest absolute Gasteiger partial charge is 0.270 e. The monoisotopic (exact) mass is 375 g/mol. The van der Waals surface area contributed by atoms with Crippen LogP contribution in [0.5, 0.6) is 0 Å². The van der Waals surface area contributed by atoms with Crippen LogP contribution in [0, 0.1) is 5.82 Å². The second-order valence-electron chi connectivity index (χ2n) is 6.96. The van der Waals surface area contributed by atoms with Gasteiger partial charge < -0.3 is 14.9 Å². The molecule has 1 saturated heterocycles. The summed E-state index contributed by atoms with van der Waals surface area (Å²) >= 11 is 0. The van der Waals surface area contributed by atoms with E-state index in [0.717, 1.165) is 29.6 Å². The van der Waals surface area contributed by atoms with E-state index in [4.69, 9.17) is 0 Å². The molecule has 28 heavy (non-hydrogen) atoms.